The maximum atomic E-state index is 13.0. The molecule has 0 amide bonds. The number of methoxy groups -OCH3 is 1. The van der Waals surface area contributed by atoms with Gasteiger partial charge in [-0.15, -0.1) is 11.5 Å². The summed E-state index contributed by atoms with van der Waals surface area (Å²) in [5, 5.41) is 0.398. The van der Waals surface area contributed by atoms with Crippen molar-refractivity contribution in [3.63, 3.8) is 0 Å². The number of benzene rings is 1. The third-order valence-electron chi connectivity index (χ3n) is 6.19. The van der Waals surface area contributed by atoms with Crippen molar-refractivity contribution >= 4 is 25.5 Å². The summed E-state index contributed by atoms with van der Waals surface area (Å²) in [4.78, 5) is 15.5. The fourth-order valence-corrected chi connectivity index (χ4v) is 5.37. The van der Waals surface area contributed by atoms with Crippen molar-refractivity contribution in [2.45, 2.75) is 71.1 Å². The monoisotopic (exact) mass is 455 g/mol. The number of ether oxygens (including phenoxy) is 1. The Morgan fingerprint density at radius 3 is 2.45 bits per heavy atom. The molecule has 3 rings (SSSR count). The van der Waals surface area contributed by atoms with Crippen LogP contribution >= 0.6 is 11.6 Å². The molecule has 2 aliphatic heterocycles. The number of hydrogen-bond acceptors (Lipinski definition) is 3. The highest BCUT2D eigenvalue weighted by atomic mass is 35.5. The van der Waals surface area contributed by atoms with Gasteiger partial charge in [0.2, 0.25) is 0 Å². The van der Waals surface area contributed by atoms with Gasteiger partial charge in [-0.2, -0.15) is 0 Å². The molecule has 0 spiro atoms. The van der Waals surface area contributed by atoms with Crippen molar-refractivity contribution in [3.05, 3.63) is 51.7 Å². The van der Waals surface area contributed by atoms with E-state index < -0.39 is 8.07 Å². The lowest BCUT2D eigenvalue weighted by molar-refractivity contribution is -0.118. The number of fused-ring (bicyclic) bond motifs is 1. The van der Waals surface area contributed by atoms with Crippen LogP contribution in [0.3, 0.4) is 0 Å². The minimum atomic E-state index is -1.40. The van der Waals surface area contributed by atoms with Gasteiger partial charge in [-0.05, 0) is 50.0 Å². The maximum Gasteiger partial charge on any atom is 0.178 e. The maximum absolute atomic E-state index is 13.0. The first-order valence-corrected chi connectivity index (χ1v) is 14.9. The van der Waals surface area contributed by atoms with E-state index in [9.17, 15) is 4.79 Å². The predicted molar refractivity (Wildman–Crippen MR) is 132 cm³/mol. The van der Waals surface area contributed by atoms with Crippen LogP contribution in [0, 0.1) is 11.5 Å². The van der Waals surface area contributed by atoms with Gasteiger partial charge in [0.25, 0.3) is 0 Å². The second-order valence-corrected chi connectivity index (χ2v) is 15.2. The number of hydrogen-bond donors (Lipinski definition) is 0. The lowest BCUT2D eigenvalue weighted by Gasteiger charge is -2.44. The van der Waals surface area contributed by atoms with Crippen LogP contribution in [0.4, 0.5) is 0 Å². The highest BCUT2D eigenvalue weighted by Crippen LogP contribution is 2.48. The van der Waals surface area contributed by atoms with E-state index in [1.54, 1.807) is 7.11 Å². The molecule has 0 unspecified atom stereocenters. The zero-order valence-corrected chi connectivity index (χ0v) is 21.4. The minimum absolute atomic E-state index is 0.0644. The summed E-state index contributed by atoms with van der Waals surface area (Å²) >= 11 is 6.64. The minimum Gasteiger partial charge on any atom is -0.497 e. The Morgan fingerprint density at radius 1 is 1.19 bits per heavy atom. The molecule has 0 aromatic heterocycles. The Balaban J connectivity index is 1.94. The van der Waals surface area contributed by atoms with Crippen molar-refractivity contribution in [1.82, 2.24) is 4.90 Å². The first-order chi connectivity index (χ1) is 14.5. The smallest absolute Gasteiger partial charge is 0.178 e. The summed E-state index contributed by atoms with van der Waals surface area (Å²) in [6, 6.07) is 8.01. The molecule has 3 nitrogen and oxygen atoms in total. The van der Waals surface area contributed by atoms with Gasteiger partial charge in [-0.3, -0.25) is 4.79 Å². The zero-order valence-electron chi connectivity index (χ0n) is 19.7. The Hall–Kier alpha value is -1.96. The molecule has 1 aromatic rings. The summed E-state index contributed by atoms with van der Waals surface area (Å²) in [5.41, 5.74) is 8.11. The molecule has 31 heavy (non-hydrogen) atoms. The van der Waals surface area contributed by atoms with Crippen molar-refractivity contribution in [2.24, 2.45) is 0 Å². The van der Waals surface area contributed by atoms with E-state index in [1.165, 1.54) is 11.1 Å². The first kappa shape index (κ1) is 23.7. The van der Waals surface area contributed by atoms with Gasteiger partial charge < -0.3 is 9.64 Å². The molecule has 5 heteroatoms. The number of carbonyl (C=O) groups excluding carboxylic acids is 1. The standard InChI is InChI=1S/C26H34ClNO2Si/c1-19(2)21-16-26(13-7-8-14-31(4,5)6)17-24(29)25(27)23(28(26)18-21)15-20-9-11-22(30-3)12-10-20/h9-12H,7,13,15-18H2,1-6H3/t26-/m1/s1. The van der Waals surface area contributed by atoms with E-state index in [1.807, 2.05) is 24.3 Å². The molecular formula is C26H34ClNO2Si. The molecule has 1 fully saturated rings. The normalized spacial score (nSPS) is 21.1. The third kappa shape index (κ3) is 5.45. The second kappa shape index (κ2) is 9.26. The quantitative estimate of drug-likeness (QED) is 0.305. The van der Waals surface area contributed by atoms with Crippen LogP contribution in [-0.2, 0) is 11.2 Å². The molecule has 1 atom stereocenters. The fourth-order valence-electron chi connectivity index (χ4n) is 4.48. The number of rotatable bonds is 5. The number of allylic oxidation sites excluding steroid dienone is 3. The zero-order chi connectivity index (χ0) is 22.8. The Morgan fingerprint density at radius 2 is 1.87 bits per heavy atom. The molecule has 2 heterocycles. The molecular weight excluding hydrogens is 422 g/mol. The Bertz CT molecular complexity index is 971. The highest BCUT2D eigenvalue weighted by Gasteiger charge is 2.49. The van der Waals surface area contributed by atoms with Crippen LogP contribution in [0.5, 0.6) is 5.75 Å². The molecule has 0 N–H and O–H groups in total. The average molecular weight is 456 g/mol. The van der Waals surface area contributed by atoms with Gasteiger partial charge in [-0.1, -0.05) is 48.9 Å². The lowest BCUT2D eigenvalue weighted by atomic mass is 9.80. The summed E-state index contributed by atoms with van der Waals surface area (Å²) < 4.78 is 5.28. The molecule has 1 saturated heterocycles. The van der Waals surface area contributed by atoms with Crippen molar-refractivity contribution in [3.8, 4) is 17.2 Å². The molecule has 0 bridgehead atoms. The van der Waals surface area contributed by atoms with E-state index in [0.29, 0.717) is 17.9 Å². The predicted octanol–water partition coefficient (Wildman–Crippen LogP) is 6.10. The summed E-state index contributed by atoms with van der Waals surface area (Å²) in [7, 11) is 0.266. The fraction of sp³-hybridized carbons (Fsp3) is 0.500. The van der Waals surface area contributed by atoms with Crippen LogP contribution < -0.4 is 4.74 Å². The van der Waals surface area contributed by atoms with Gasteiger partial charge >= 0.3 is 0 Å². The average Bonchev–Trinajstić information content (AvgIpc) is 3.08. The summed E-state index contributed by atoms with van der Waals surface area (Å²) in [6.07, 6.45) is 3.75. The Labute approximate surface area is 193 Å². The van der Waals surface area contributed by atoms with Crippen molar-refractivity contribution < 1.29 is 9.53 Å². The van der Waals surface area contributed by atoms with Crippen LogP contribution in [0.25, 0.3) is 0 Å². The van der Waals surface area contributed by atoms with E-state index >= 15 is 0 Å². The van der Waals surface area contributed by atoms with Crippen LogP contribution in [0.1, 0.15) is 45.1 Å². The van der Waals surface area contributed by atoms with Crippen LogP contribution in [-0.4, -0.2) is 38.0 Å². The lowest BCUT2D eigenvalue weighted by Crippen LogP contribution is -2.49. The first-order valence-electron chi connectivity index (χ1n) is 11.0. The highest BCUT2D eigenvalue weighted by molar-refractivity contribution is 6.83. The molecule has 1 aromatic carbocycles. The van der Waals surface area contributed by atoms with Crippen LogP contribution in [0.15, 0.2) is 46.1 Å². The van der Waals surface area contributed by atoms with Gasteiger partial charge in [0.1, 0.15) is 18.9 Å². The van der Waals surface area contributed by atoms with Gasteiger partial charge in [-0.25, -0.2) is 0 Å². The number of carbonyl (C=O) groups is 1. The van der Waals surface area contributed by atoms with E-state index in [0.717, 1.165) is 42.8 Å². The van der Waals surface area contributed by atoms with Crippen molar-refractivity contribution in [2.75, 3.05) is 13.7 Å². The SMILES string of the molecule is COc1ccc(CC2=C(Cl)C(=O)C[C@@]3(CCC#C[Si](C)(C)C)CC(=C(C)C)CN23)cc1. The number of nitrogens with zero attached hydrogens (tertiary/aromatic N) is 1. The number of Topliss-reactive ketones (excluding diaryl/α,β-unsaturated/α-hetero) is 1. The van der Waals surface area contributed by atoms with Crippen molar-refractivity contribution in [1.29, 1.82) is 0 Å². The largest absolute Gasteiger partial charge is 0.497 e. The molecule has 0 radical (unpaired) electrons. The molecule has 0 aliphatic carbocycles. The topological polar surface area (TPSA) is 29.5 Å². The summed E-state index contributed by atoms with van der Waals surface area (Å²) in [5.74, 6) is 4.31. The van der Waals surface area contributed by atoms with Crippen LogP contribution in [0.2, 0.25) is 19.6 Å². The van der Waals surface area contributed by atoms with Gasteiger partial charge in [0.15, 0.2) is 5.78 Å². The molecule has 2 aliphatic rings. The van der Waals surface area contributed by atoms with E-state index in [4.69, 9.17) is 16.3 Å². The second-order valence-electron chi connectivity index (χ2n) is 10.0. The Kier molecular flexibility index (Phi) is 7.08. The molecule has 166 valence electrons. The number of halogens is 1. The van der Waals surface area contributed by atoms with E-state index in [2.05, 4.69) is 49.9 Å². The van der Waals surface area contributed by atoms with E-state index in [-0.39, 0.29) is 11.3 Å². The number of ketones is 1. The van der Waals surface area contributed by atoms with Gasteiger partial charge in [0, 0.05) is 31.5 Å². The summed E-state index contributed by atoms with van der Waals surface area (Å²) in [6.45, 7) is 12.0. The van der Waals surface area contributed by atoms with Gasteiger partial charge in [0.05, 0.1) is 12.6 Å². The molecule has 0 saturated carbocycles. The third-order valence-corrected chi connectivity index (χ3v) is 7.55.